The molecule has 8 heavy (non-hydrogen) atoms. The fourth-order valence-corrected chi connectivity index (χ4v) is 0. The second-order valence-electron chi connectivity index (χ2n) is 0. The molecule has 0 nitrogen and oxygen atoms in total. The van der Waals surface area contributed by atoms with Crippen molar-refractivity contribution in [2.75, 3.05) is 0 Å². The molecule has 0 aromatic heterocycles. The van der Waals surface area contributed by atoms with E-state index in [-0.39, 0.29) is 139 Å². The van der Waals surface area contributed by atoms with Crippen LogP contribution in [0.25, 0.3) is 0 Å². The molecule has 0 unspecified atom stereocenters. The molecule has 0 amide bonds. The van der Waals surface area contributed by atoms with Crippen molar-refractivity contribution < 1.29 is 121 Å². The first-order chi connectivity index (χ1) is 0. The van der Waals surface area contributed by atoms with Crippen molar-refractivity contribution in [1.29, 1.82) is 0 Å². The third-order valence-corrected chi connectivity index (χ3v) is 0. The van der Waals surface area contributed by atoms with E-state index in [9.17, 15) is 0 Å². The van der Waals surface area contributed by atoms with Crippen LogP contribution in [0.2, 0.25) is 0 Å². The van der Waals surface area contributed by atoms with Crippen LogP contribution in [0, 0.1) is 0 Å². The zero-order valence-electron chi connectivity index (χ0n) is 4.47. The maximum absolute atomic E-state index is 0. The minimum Gasteiger partial charge on any atom is -1.00 e. The van der Waals surface area contributed by atoms with Gasteiger partial charge < -0.3 is 62.0 Å². The van der Waals surface area contributed by atoms with Gasteiger partial charge >= 0.3 is 76.5 Å². The summed E-state index contributed by atoms with van der Waals surface area (Å²) in [4.78, 5) is 0. The van der Waals surface area contributed by atoms with E-state index >= 15 is 0 Å². The van der Waals surface area contributed by atoms with Crippen LogP contribution >= 0.6 is 0 Å². The Morgan fingerprint density at radius 2 is 0.375 bits per heavy atom. The van der Waals surface area contributed by atoms with Gasteiger partial charge in [0.25, 0.3) is 0 Å². The Kier molecular flexibility index (Phi) is 786. The van der Waals surface area contributed by atoms with E-state index in [2.05, 4.69) is 0 Å². The van der Waals surface area contributed by atoms with Gasteiger partial charge in [-0.1, -0.05) is 0 Å². The van der Waals surface area contributed by atoms with Crippen LogP contribution in [0.15, 0.2) is 0 Å². The van der Waals surface area contributed by atoms with Crippen LogP contribution in [-0.4, -0.2) is 17.4 Å². The van der Waals surface area contributed by atoms with Gasteiger partial charge in [0.2, 0.25) is 0 Å². The van der Waals surface area contributed by atoms with Gasteiger partial charge in [0.1, 0.15) is 0 Å². The fraction of sp³-hybridized carbons (Fsp3) is 0. The minimum atomic E-state index is 0. The van der Waals surface area contributed by atoms with Crippen molar-refractivity contribution >= 4 is 17.4 Å². The van der Waals surface area contributed by atoms with Crippen molar-refractivity contribution in [2.45, 2.75) is 0 Å². The largest absolute Gasteiger partial charge is 3.00 e. The molecule has 0 aromatic rings. The first-order valence-electron chi connectivity index (χ1n) is 0. The molecule has 0 fully saturated rings. The quantitative estimate of drug-likeness (QED) is 0.375. The standard InChI is InChI=1S/Al.5ClH.2Na/h;5*1H;;/q+3;;;;;;2*+1/p-5. The number of halogens is 5. The van der Waals surface area contributed by atoms with E-state index in [1.54, 1.807) is 0 Å². The average Bonchev–Trinajstić information content (AvgIpc) is 0. The van der Waals surface area contributed by atoms with E-state index < -0.39 is 0 Å². The van der Waals surface area contributed by atoms with Gasteiger partial charge in [-0.25, -0.2) is 0 Å². The van der Waals surface area contributed by atoms with Gasteiger partial charge in [-0.15, -0.1) is 0 Å². The summed E-state index contributed by atoms with van der Waals surface area (Å²) in [6.45, 7) is 0. The van der Waals surface area contributed by atoms with Crippen LogP contribution in [0.3, 0.4) is 0 Å². The molecular weight excluding hydrogens is 250 g/mol. The van der Waals surface area contributed by atoms with Crippen molar-refractivity contribution in [2.24, 2.45) is 0 Å². The molecule has 0 radical (unpaired) electrons. The third-order valence-electron chi connectivity index (χ3n) is 0. The zero-order valence-corrected chi connectivity index (χ0v) is 13.4. The SMILES string of the molecule is [Al+3].[Cl-].[Cl-].[Cl-].[Cl-].[Cl-].[Na+].[Na+]. The molecule has 0 aliphatic rings. The van der Waals surface area contributed by atoms with Gasteiger partial charge in [0, 0.05) is 0 Å². The van der Waals surface area contributed by atoms with Crippen LogP contribution in [-0.2, 0) is 0 Å². The van der Waals surface area contributed by atoms with Gasteiger partial charge in [0.05, 0.1) is 0 Å². The molecule has 0 rings (SSSR count). The molecule has 0 heterocycles. The van der Waals surface area contributed by atoms with Crippen LogP contribution < -0.4 is 121 Å². The second-order valence-corrected chi connectivity index (χ2v) is 0. The number of hydrogen-bond donors (Lipinski definition) is 0. The van der Waals surface area contributed by atoms with Crippen molar-refractivity contribution in [1.82, 2.24) is 0 Å². The number of hydrogen-bond acceptors (Lipinski definition) is 0. The van der Waals surface area contributed by atoms with E-state index in [0.29, 0.717) is 0 Å². The predicted molar refractivity (Wildman–Crippen MR) is 5.75 cm³/mol. The summed E-state index contributed by atoms with van der Waals surface area (Å²) in [6, 6.07) is 0. The summed E-state index contributed by atoms with van der Waals surface area (Å²) in [5.74, 6) is 0. The zero-order chi connectivity index (χ0) is 0. The molecule has 0 aliphatic carbocycles. The Morgan fingerprint density at radius 1 is 0.375 bits per heavy atom. The second kappa shape index (κ2) is 69.0. The fourth-order valence-electron chi connectivity index (χ4n) is 0. The Hall–Kier alpha value is 3.98. The summed E-state index contributed by atoms with van der Waals surface area (Å²) < 4.78 is 0. The molecule has 0 atom stereocenters. The number of rotatable bonds is 0. The normalized spacial score (nSPS) is 0. The summed E-state index contributed by atoms with van der Waals surface area (Å²) in [6.07, 6.45) is 0. The molecule has 40 valence electrons. The van der Waals surface area contributed by atoms with Crippen molar-refractivity contribution in [3.05, 3.63) is 0 Å². The first kappa shape index (κ1) is 91.1. The van der Waals surface area contributed by atoms with E-state index in [1.165, 1.54) is 0 Å². The van der Waals surface area contributed by atoms with Crippen LogP contribution in [0.1, 0.15) is 0 Å². The molecule has 0 spiro atoms. The topological polar surface area (TPSA) is 0 Å². The van der Waals surface area contributed by atoms with Gasteiger partial charge in [-0.2, -0.15) is 0 Å². The summed E-state index contributed by atoms with van der Waals surface area (Å²) in [7, 11) is 0. The van der Waals surface area contributed by atoms with Gasteiger partial charge in [0.15, 0.2) is 0 Å². The molecule has 0 aliphatic heterocycles. The van der Waals surface area contributed by atoms with Crippen molar-refractivity contribution in [3.63, 3.8) is 0 Å². The summed E-state index contributed by atoms with van der Waals surface area (Å²) in [5.41, 5.74) is 0. The monoisotopic (exact) mass is 248 g/mol. The van der Waals surface area contributed by atoms with E-state index in [0.717, 1.165) is 0 Å². The maximum Gasteiger partial charge on any atom is 3.00 e. The molecule has 0 bridgehead atoms. The Morgan fingerprint density at radius 3 is 0.375 bits per heavy atom. The Bertz CT molecular complexity index is 10.4. The van der Waals surface area contributed by atoms with Crippen LogP contribution in [0.4, 0.5) is 0 Å². The smallest absolute Gasteiger partial charge is 1.00 e. The van der Waals surface area contributed by atoms with E-state index in [1.807, 2.05) is 0 Å². The predicted octanol–water partition coefficient (Wildman–Crippen LogP) is -21.4. The molecule has 0 saturated carbocycles. The molecular formula is AlCl5Na2. The van der Waals surface area contributed by atoms with Crippen LogP contribution in [0.5, 0.6) is 0 Å². The van der Waals surface area contributed by atoms with E-state index in [4.69, 9.17) is 0 Å². The Labute approximate surface area is 136 Å². The average molecular weight is 250 g/mol. The Balaban J connectivity index is 0. The molecule has 0 aromatic carbocycles. The molecule has 8 heteroatoms. The summed E-state index contributed by atoms with van der Waals surface area (Å²) >= 11 is 0. The van der Waals surface area contributed by atoms with Crippen molar-refractivity contribution in [3.8, 4) is 0 Å². The minimum absolute atomic E-state index is 0. The molecule has 0 N–H and O–H groups in total. The maximum atomic E-state index is 0. The van der Waals surface area contributed by atoms with Gasteiger partial charge in [-0.05, 0) is 0 Å². The summed E-state index contributed by atoms with van der Waals surface area (Å²) in [5, 5.41) is 0. The van der Waals surface area contributed by atoms with Gasteiger partial charge in [-0.3, -0.25) is 0 Å². The molecule has 0 saturated heterocycles. The third kappa shape index (κ3) is 50.8. The first-order valence-corrected chi connectivity index (χ1v) is 0.